The molecule has 1 aromatic rings. The summed E-state index contributed by atoms with van der Waals surface area (Å²) in [7, 11) is 0. The molecule has 2 rings (SSSR count). The molecule has 104 valence electrons. The molecule has 2 N–H and O–H groups in total. The minimum Gasteiger partial charge on any atom is -0.370 e. The number of hydrogen-bond donors (Lipinski definition) is 2. The molecule has 1 amide bonds. The Morgan fingerprint density at radius 3 is 3.05 bits per heavy atom. The van der Waals surface area contributed by atoms with Crippen LogP contribution in [0.2, 0.25) is 0 Å². The van der Waals surface area contributed by atoms with E-state index in [0.717, 1.165) is 44.0 Å². The van der Waals surface area contributed by atoms with Gasteiger partial charge in [-0.1, -0.05) is 13.0 Å². The lowest BCUT2D eigenvalue weighted by Gasteiger charge is -2.32. The number of carbonyl (C=O) groups is 1. The van der Waals surface area contributed by atoms with Crippen molar-refractivity contribution in [3.63, 3.8) is 0 Å². The number of amides is 1. The molecule has 1 unspecified atom stereocenters. The summed E-state index contributed by atoms with van der Waals surface area (Å²) >= 11 is 0. The molecule has 19 heavy (non-hydrogen) atoms. The molecule has 1 atom stereocenters. The number of nitrogens with one attached hydrogen (secondary N) is 2. The number of hydrogen-bond acceptors (Lipinski definition) is 4. The van der Waals surface area contributed by atoms with Crippen LogP contribution in [0.1, 0.15) is 25.8 Å². The maximum atomic E-state index is 11.6. The Hall–Kier alpha value is -1.62. The standard InChI is InChI=1S/C14H22N4O/c1-3-6-15-13-5-4-12(9-17-13)10-18-8-7-16-14(19)11(18)2/h4-5,9,11H,3,6-8,10H2,1-2H3,(H,15,17)(H,16,19). The smallest absolute Gasteiger partial charge is 0.237 e. The molecule has 1 saturated heterocycles. The lowest BCUT2D eigenvalue weighted by atomic mass is 10.1. The molecule has 1 aliphatic rings. The second kappa shape index (κ2) is 6.52. The molecular weight excluding hydrogens is 240 g/mol. The number of anilines is 1. The third-order valence-corrected chi connectivity index (χ3v) is 3.39. The molecule has 1 fully saturated rings. The van der Waals surface area contributed by atoms with Gasteiger partial charge in [-0.2, -0.15) is 0 Å². The average molecular weight is 262 g/mol. The molecule has 0 saturated carbocycles. The Morgan fingerprint density at radius 2 is 2.37 bits per heavy atom. The zero-order valence-electron chi connectivity index (χ0n) is 11.6. The Morgan fingerprint density at radius 1 is 1.53 bits per heavy atom. The normalized spacial score (nSPS) is 20.1. The molecule has 0 bridgehead atoms. The Bertz CT molecular complexity index is 418. The number of nitrogens with zero attached hydrogens (tertiary/aromatic N) is 2. The van der Waals surface area contributed by atoms with Gasteiger partial charge in [0.05, 0.1) is 6.04 Å². The monoisotopic (exact) mass is 262 g/mol. The first-order chi connectivity index (χ1) is 9.20. The second-order valence-electron chi connectivity index (χ2n) is 4.92. The van der Waals surface area contributed by atoms with Crippen LogP contribution in [0.5, 0.6) is 0 Å². The molecule has 0 aliphatic carbocycles. The highest BCUT2D eigenvalue weighted by Gasteiger charge is 2.25. The van der Waals surface area contributed by atoms with Gasteiger partial charge in [-0.25, -0.2) is 4.98 Å². The zero-order chi connectivity index (χ0) is 13.7. The Kier molecular flexibility index (Phi) is 4.74. The summed E-state index contributed by atoms with van der Waals surface area (Å²) in [6, 6.07) is 4.01. The van der Waals surface area contributed by atoms with Crippen molar-refractivity contribution in [2.45, 2.75) is 32.9 Å². The molecule has 5 heteroatoms. The average Bonchev–Trinajstić information content (AvgIpc) is 2.43. The lowest BCUT2D eigenvalue weighted by Crippen LogP contribution is -2.53. The number of rotatable bonds is 5. The van der Waals surface area contributed by atoms with Crippen molar-refractivity contribution in [2.75, 3.05) is 25.0 Å². The van der Waals surface area contributed by atoms with E-state index in [1.165, 1.54) is 0 Å². The van der Waals surface area contributed by atoms with E-state index < -0.39 is 0 Å². The SMILES string of the molecule is CCCNc1ccc(CN2CCNC(=O)C2C)cn1. The predicted octanol–water partition coefficient (Wildman–Crippen LogP) is 1.22. The van der Waals surface area contributed by atoms with Gasteiger partial charge in [-0.3, -0.25) is 9.69 Å². The van der Waals surface area contributed by atoms with Gasteiger partial charge in [0.2, 0.25) is 5.91 Å². The van der Waals surface area contributed by atoms with Crippen molar-refractivity contribution >= 4 is 11.7 Å². The fourth-order valence-electron chi connectivity index (χ4n) is 2.16. The molecule has 5 nitrogen and oxygen atoms in total. The van der Waals surface area contributed by atoms with Gasteiger partial charge in [-0.05, 0) is 25.0 Å². The number of piperazine rings is 1. The minimum absolute atomic E-state index is 0.0633. The van der Waals surface area contributed by atoms with Crippen molar-refractivity contribution in [2.24, 2.45) is 0 Å². The van der Waals surface area contributed by atoms with Crippen LogP contribution >= 0.6 is 0 Å². The first kappa shape index (κ1) is 13.8. The largest absolute Gasteiger partial charge is 0.370 e. The lowest BCUT2D eigenvalue weighted by molar-refractivity contribution is -0.128. The highest BCUT2D eigenvalue weighted by Crippen LogP contribution is 2.12. The topological polar surface area (TPSA) is 57.3 Å². The molecule has 1 aromatic heterocycles. The molecule has 2 heterocycles. The van der Waals surface area contributed by atoms with Crippen molar-refractivity contribution < 1.29 is 4.79 Å². The molecular formula is C14H22N4O. The van der Waals surface area contributed by atoms with Crippen molar-refractivity contribution in [1.29, 1.82) is 0 Å². The van der Waals surface area contributed by atoms with Crippen LogP contribution in [0.25, 0.3) is 0 Å². The fraction of sp³-hybridized carbons (Fsp3) is 0.571. The summed E-state index contributed by atoms with van der Waals surface area (Å²) < 4.78 is 0. The first-order valence-electron chi connectivity index (χ1n) is 6.91. The van der Waals surface area contributed by atoms with Gasteiger partial charge in [0.15, 0.2) is 0 Å². The van der Waals surface area contributed by atoms with Gasteiger partial charge in [0.1, 0.15) is 5.82 Å². The Balaban J connectivity index is 1.93. The van der Waals surface area contributed by atoms with E-state index in [1.54, 1.807) is 0 Å². The van der Waals surface area contributed by atoms with Crippen molar-refractivity contribution in [3.05, 3.63) is 23.9 Å². The van der Waals surface area contributed by atoms with Gasteiger partial charge >= 0.3 is 0 Å². The van der Waals surface area contributed by atoms with Gasteiger partial charge in [0, 0.05) is 32.4 Å². The molecule has 0 radical (unpaired) electrons. The minimum atomic E-state index is -0.0633. The molecule has 1 aliphatic heterocycles. The van der Waals surface area contributed by atoms with E-state index in [1.807, 2.05) is 19.2 Å². The first-order valence-corrected chi connectivity index (χ1v) is 6.91. The van der Waals surface area contributed by atoms with Gasteiger partial charge < -0.3 is 10.6 Å². The second-order valence-corrected chi connectivity index (χ2v) is 4.92. The van der Waals surface area contributed by atoms with Crippen molar-refractivity contribution in [3.8, 4) is 0 Å². The van der Waals surface area contributed by atoms with E-state index in [4.69, 9.17) is 0 Å². The molecule has 0 aromatic carbocycles. The number of pyridine rings is 1. The summed E-state index contributed by atoms with van der Waals surface area (Å²) in [6.07, 6.45) is 2.97. The summed E-state index contributed by atoms with van der Waals surface area (Å²) in [5.41, 5.74) is 1.14. The van der Waals surface area contributed by atoms with Crippen LogP contribution in [-0.2, 0) is 11.3 Å². The van der Waals surface area contributed by atoms with Crippen LogP contribution in [-0.4, -0.2) is 41.5 Å². The third-order valence-electron chi connectivity index (χ3n) is 3.39. The molecule has 0 spiro atoms. The van der Waals surface area contributed by atoms with E-state index in [-0.39, 0.29) is 11.9 Å². The number of aromatic nitrogens is 1. The van der Waals surface area contributed by atoms with Crippen LogP contribution < -0.4 is 10.6 Å². The maximum Gasteiger partial charge on any atom is 0.237 e. The summed E-state index contributed by atoms with van der Waals surface area (Å²) in [5.74, 6) is 1.02. The quantitative estimate of drug-likeness (QED) is 0.838. The maximum absolute atomic E-state index is 11.6. The Labute approximate surface area is 114 Å². The van der Waals surface area contributed by atoms with Gasteiger partial charge in [0.25, 0.3) is 0 Å². The van der Waals surface area contributed by atoms with Crippen LogP contribution in [0, 0.1) is 0 Å². The zero-order valence-corrected chi connectivity index (χ0v) is 11.6. The van der Waals surface area contributed by atoms with Gasteiger partial charge in [-0.15, -0.1) is 0 Å². The highest BCUT2D eigenvalue weighted by molar-refractivity contribution is 5.81. The highest BCUT2D eigenvalue weighted by atomic mass is 16.2. The van der Waals surface area contributed by atoms with Crippen LogP contribution in [0.15, 0.2) is 18.3 Å². The van der Waals surface area contributed by atoms with E-state index in [2.05, 4.69) is 33.5 Å². The predicted molar refractivity (Wildman–Crippen MR) is 75.9 cm³/mol. The summed E-state index contributed by atoms with van der Waals surface area (Å²) in [5, 5.41) is 6.13. The van der Waals surface area contributed by atoms with Crippen LogP contribution in [0.3, 0.4) is 0 Å². The summed E-state index contributed by atoms with van der Waals surface area (Å²) in [6.45, 7) is 7.41. The van der Waals surface area contributed by atoms with Crippen molar-refractivity contribution in [1.82, 2.24) is 15.2 Å². The number of carbonyl (C=O) groups excluding carboxylic acids is 1. The van der Waals surface area contributed by atoms with E-state index in [0.29, 0.717) is 0 Å². The van der Waals surface area contributed by atoms with E-state index >= 15 is 0 Å². The summed E-state index contributed by atoms with van der Waals surface area (Å²) in [4.78, 5) is 18.2. The third kappa shape index (κ3) is 3.67. The van der Waals surface area contributed by atoms with Crippen LogP contribution in [0.4, 0.5) is 5.82 Å². The fourth-order valence-corrected chi connectivity index (χ4v) is 2.16. The van der Waals surface area contributed by atoms with E-state index in [9.17, 15) is 4.79 Å².